The number of phenols is 2. The number of ether oxygens (including phenoxy) is 1. The summed E-state index contributed by atoms with van der Waals surface area (Å²) in [6.45, 7) is -4.31. The van der Waals surface area contributed by atoms with Crippen LogP contribution in [0, 0.1) is 5.92 Å². The van der Waals surface area contributed by atoms with Crippen molar-refractivity contribution in [2.45, 2.75) is 32.6 Å². The summed E-state index contributed by atoms with van der Waals surface area (Å²) in [5, 5.41) is 19.9. The van der Waals surface area contributed by atoms with E-state index in [-0.39, 0.29) is 24.6 Å². The third-order valence-corrected chi connectivity index (χ3v) is 6.14. The number of rotatable bonds is 6. The molecule has 1 unspecified atom stereocenters. The molecular formula is C29H31NO3. The minimum Gasteiger partial charge on any atom is -0.508 e. The standard InChI is InChI=1S/C29H31NO3/c1-3-14-30-17-21(18-30)15-20-4-6-23(7-5-20)29-28(22-8-10-24(31)11-9-22)19(2)26-13-12-25(32)16-27(26)33-29/h4-13,16,21,29,31-32H,3,14-15,17-18H2,1-2H3/i1D3,3D2,14D2,15D2. The molecule has 33 heavy (non-hydrogen) atoms. The molecule has 2 aliphatic rings. The number of nitrogens with zero attached hydrogens (tertiary/aromatic N) is 1. The van der Waals surface area contributed by atoms with Gasteiger partial charge in [-0.3, -0.25) is 0 Å². The fourth-order valence-electron chi connectivity index (χ4n) is 4.42. The van der Waals surface area contributed by atoms with Gasteiger partial charge in [0, 0.05) is 42.6 Å². The van der Waals surface area contributed by atoms with E-state index in [1.807, 2.05) is 6.92 Å². The van der Waals surface area contributed by atoms with Crippen molar-refractivity contribution < 1.29 is 27.3 Å². The Kier molecular flexibility index (Phi) is 3.65. The van der Waals surface area contributed by atoms with Gasteiger partial charge in [-0.05, 0) is 78.6 Å². The van der Waals surface area contributed by atoms with E-state index in [9.17, 15) is 10.2 Å². The van der Waals surface area contributed by atoms with Crippen LogP contribution in [0.4, 0.5) is 0 Å². The molecule has 170 valence electrons. The molecule has 4 nitrogen and oxygen atoms in total. The maximum atomic E-state index is 10.1. The first-order chi connectivity index (χ1) is 19.4. The van der Waals surface area contributed by atoms with Gasteiger partial charge in [-0.25, -0.2) is 0 Å². The highest BCUT2D eigenvalue weighted by Gasteiger charge is 2.30. The van der Waals surface area contributed by atoms with Gasteiger partial charge < -0.3 is 19.8 Å². The molecule has 2 heterocycles. The van der Waals surface area contributed by atoms with Crippen LogP contribution in [0.5, 0.6) is 17.2 Å². The Morgan fingerprint density at radius 3 is 2.45 bits per heavy atom. The van der Waals surface area contributed by atoms with E-state index < -0.39 is 38.1 Å². The van der Waals surface area contributed by atoms with Gasteiger partial charge in [-0.2, -0.15) is 0 Å². The quantitative estimate of drug-likeness (QED) is 0.480. The second-order valence-corrected chi connectivity index (χ2v) is 8.37. The van der Waals surface area contributed by atoms with Gasteiger partial charge in [-0.15, -0.1) is 0 Å². The molecule has 0 aromatic heterocycles. The minimum absolute atomic E-state index is 0.0581. The van der Waals surface area contributed by atoms with Gasteiger partial charge in [0.15, 0.2) is 0 Å². The predicted octanol–water partition coefficient (Wildman–Crippen LogP) is 6.05. The average Bonchev–Trinajstić information content (AvgIpc) is 2.87. The van der Waals surface area contributed by atoms with Crippen molar-refractivity contribution in [3.63, 3.8) is 0 Å². The average molecular weight is 451 g/mol. The molecule has 2 aliphatic heterocycles. The van der Waals surface area contributed by atoms with E-state index in [4.69, 9.17) is 17.1 Å². The SMILES string of the molecule is [2H]C([2H])(c1ccc(C2Oc3cc(O)ccc3C(C)=C2c2ccc(O)cc2)cc1)C1CN(C([2H])([2H])C([2H])([2H])C([2H])([2H])[2H])C1. The van der Waals surface area contributed by atoms with Crippen LogP contribution in [0.1, 0.15) is 60.8 Å². The number of fused-ring (bicyclic) bond motifs is 1. The first kappa shape index (κ1) is 13.5. The summed E-state index contributed by atoms with van der Waals surface area (Å²) in [7, 11) is 0. The van der Waals surface area contributed by atoms with Crippen molar-refractivity contribution >= 4 is 11.1 Å². The highest BCUT2D eigenvalue weighted by Crippen LogP contribution is 2.47. The zero-order valence-electron chi connectivity index (χ0n) is 27.2. The summed E-state index contributed by atoms with van der Waals surface area (Å²) in [6, 6.07) is 18.4. The number of benzene rings is 3. The molecule has 1 saturated heterocycles. The highest BCUT2D eigenvalue weighted by molar-refractivity contribution is 5.95. The van der Waals surface area contributed by atoms with Crippen molar-refractivity contribution in [2.24, 2.45) is 5.92 Å². The number of hydrogen-bond donors (Lipinski definition) is 2. The molecule has 0 saturated carbocycles. The van der Waals surface area contributed by atoms with E-state index in [0.29, 0.717) is 11.3 Å². The Bertz CT molecular complexity index is 1510. The summed E-state index contributed by atoms with van der Waals surface area (Å²) in [6.07, 6.45) is -5.62. The molecule has 1 atom stereocenters. The van der Waals surface area contributed by atoms with Crippen molar-refractivity contribution in [1.82, 2.24) is 4.90 Å². The molecule has 2 N–H and O–H groups in total. The van der Waals surface area contributed by atoms with Crippen LogP contribution in [-0.2, 0) is 6.37 Å². The van der Waals surface area contributed by atoms with Crippen LogP contribution in [0.25, 0.3) is 11.1 Å². The maximum Gasteiger partial charge on any atom is 0.150 e. The van der Waals surface area contributed by atoms with Gasteiger partial charge >= 0.3 is 0 Å². The lowest BCUT2D eigenvalue weighted by atomic mass is 9.85. The fraction of sp³-hybridized carbons (Fsp3) is 0.310. The number of aromatic hydroxyl groups is 2. The summed E-state index contributed by atoms with van der Waals surface area (Å²) in [5.41, 5.74) is 4.49. The molecule has 0 spiro atoms. The maximum absolute atomic E-state index is 10.1. The second-order valence-electron chi connectivity index (χ2n) is 8.37. The number of hydrogen-bond acceptors (Lipinski definition) is 4. The lowest BCUT2D eigenvalue weighted by molar-refractivity contribution is 0.101. The summed E-state index contributed by atoms with van der Waals surface area (Å²) >= 11 is 0. The molecule has 1 fully saturated rings. The monoisotopic (exact) mass is 450 g/mol. The van der Waals surface area contributed by atoms with Gasteiger partial charge in [-0.1, -0.05) is 43.3 Å². The van der Waals surface area contributed by atoms with Crippen molar-refractivity contribution in [2.75, 3.05) is 19.6 Å². The Morgan fingerprint density at radius 2 is 1.73 bits per heavy atom. The second kappa shape index (κ2) is 8.95. The van der Waals surface area contributed by atoms with Crippen molar-refractivity contribution in [3.05, 3.63) is 89.0 Å². The molecule has 4 heteroatoms. The lowest BCUT2D eigenvalue weighted by Gasteiger charge is -2.39. The molecule has 3 aromatic carbocycles. The zero-order valence-corrected chi connectivity index (χ0v) is 18.2. The lowest BCUT2D eigenvalue weighted by Crippen LogP contribution is -2.47. The minimum atomic E-state index is -3.18. The van der Waals surface area contributed by atoms with Crippen molar-refractivity contribution in [3.8, 4) is 17.2 Å². The number of phenolic OH excluding ortho intramolecular Hbond substituents is 2. The third kappa shape index (κ3) is 4.36. The fourth-order valence-corrected chi connectivity index (χ4v) is 4.42. The molecule has 0 radical (unpaired) electrons. The van der Waals surface area contributed by atoms with E-state index in [1.165, 1.54) is 0 Å². The first-order valence-corrected chi connectivity index (χ1v) is 10.8. The topological polar surface area (TPSA) is 52.9 Å². The van der Waals surface area contributed by atoms with E-state index in [1.54, 1.807) is 66.7 Å². The smallest absolute Gasteiger partial charge is 0.150 e. The van der Waals surface area contributed by atoms with Gasteiger partial charge in [0.2, 0.25) is 0 Å². The van der Waals surface area contributed by atoms with Crippen LogP contribution in [0.15, 0.2) is 66.7 Å². The largest absolute Gasteiger partial charge is 0.508 e. The summed E-state index contributed by atoms with van der Waals surface area (Å²) < 4.78 is 78.2. The Morgan fingerprint density at radius 1 is 1.00 bits per heavy atom. The van der Waals surface area contributed by atoms with E-state index >= 15 is 0 Å². The predicted molar refractivity (Wildman–Crippen MR) is 132 cm³/mol. The Balaban J connectivity index is 1.41. The van der Waals surface area contributed by atoms with Crippen LogP contribution in [0.3, 0.4) is 0 Å². The number of allylic oxidation sites excluding steroid dienone is 1. The number of likely N-dealkylation sites (tertiary alicyclic amines) is 1. The third-order valence-electron chi connectivity index (χ3n) is 6.14. The normalized spacial score (nSPS) is 24.3. The van der Waals surface area contributed by atoms with Gasteiger partial charge in [0.1, 0.15) is 23.4 Å². The molecule has 5 rings (SSSR count). The van der Waals surface area contributed by atoms with Crippen LogP contribution >= 0.6 is 0 Å². The van der Waals surface area contributed by atoms with Crippen molar-refractivity contribution in [1.29, 1.82) is 0 Å². The molecule has 3 aromatic rings. The Hall–Kier alpha value is -3.24. The van der Waals surface area contributed by atoms with Crippen LogP contribution in [-0.4, -0.2) is 34.7 Å². The molecule has 0 bridgehead atoms. The Labute approximate surface area is 208 Å². The van der Waals surface area contributed by atoms with Crippen LogP contribution in [0.2, 0.25) is 0 Å². The molecule has 0 amide bonds. The first-order valence-electron chi connectivity index (χ1n) is 15.3. The van der Waals surface area contributed by atoms with Gasteiger partial charge in [0.05, 0.1) is 0 Å². The van der Waals surface area contributed by atoms with Crippen LogP contribution < -0.4 is 4.74 Å². The molecular weight excluding hydrogens is 410 g/mol. The summed E-state index contributed by atoms with van der Waals surface area (Å²) in [4.78, 5) is 1.04. The van der Waals surface area contributed by atoms with E-state index in [0.717, 1.165) is 32.7 Å². The highest BCUT2D eigenvalue weighted by atomic mass is 16.5. The van der Waals surface area contributed by atoms with E-state index in [2.05, 4.69) is 0 Å². The zero-order chi connectivity index (χ0) is 30.8. The van der Waals surface area contributed by atoms with Gasteiger partial charge in [0.25, 0.3) is 0 Å². The molecule has 0 aliphatic carbocycles. The summed E-state index contributed by atoms with van der Waals surface area (Å²) in [5.74, 6) is 0.00338.